The van der Waals surface area contributed by atoms with Crippen LogP contribution in [0.25, 0.3) is 5.69 Å². The van der Waals surface area contributed by atoms with Gasteiger partial charge in [-0.1, -0.05) is 12.1 Å². The topological polar surface area (TPSA) is 84.2 Å². The molecule has 0 aliphatic carbocycles. The second-order valence-corrected chi connectivity index (χ2v) is 5.76. The Balaban J connectivity index is 1.91. The summed E-state index contributed by atoms with van der Waals surface area (Å²) in [6, 6.07) is 9.33. The molecule has 0 spiro atoms. The van der Waals surface area contributed by atoms with Crippen molar-refractivity contribution in [1.82, 2.24) is 15.1 Å². The molecule has 0 saturated heterocycles. The smallest absolute Gasteiger partial charge is 0.310 e. The molecular weight excluding hydrogens is 282 g/mol. The zero-order valence-corrected chi connectivity index (χ0v) is 12.6. The van der Waals surface area contributed by atoms with Crippen molar-refractivity contribution in [3.05, 3.63) is 48.3 Å². The van der Waals surface area contributed by atoms with Gasteiger partial charge in [0.25, 0.3) is 0 Å². The van der Waals surface area contributed by atoms with Crippen LogP contribution in [0, 0.1) is 5.41 Å². The molecule has 0 unspecified atom stereocenters. The summed E-state index contributed by atoms with van der Waals surface area (Å²) in [6.07, 6.45) is 3.76. The third-order valence-electron chi connectivity index (χ3n) is 3.38. The molecule has 116 valence electrons. The molecule has 0 aliphatic rings. The van der Waals surface area contributed by atoms with Gasteiger partial charge in [0.2, 0.25) is 5.91 Å². The van der Waals surface area contributed by atoms with E-state index in [0.717, 1.165) is 11.3 Å². The molecule has 0 saturated carbocycles. The first-order valence-corrected chi connectivity index (χ1v) is 6.97. The molecular formula is C16H19N3O3. The van der Waals surface area contributed by atoms with Gasteiger partial charge in [-0.05, 0) is 37.6 Å². The monoisotopic (exact) mass is 301 g/mol. The van der Waals surface area contributed by atoms with Gasteiger partial charge < -0.3 is 10.4 Å². The Morgan fingerprint density at radius 2 is 1.95 bits per heavy atom. The summed E-state index contributed by atoms with van der Waals surface area (Å²) in [7, 11) is 0. The molecule has 1 amide bonds. The molecule has 2 N–H and O–H groups in total. The van der Waals surface area contributed by atoms with Crippen LogP contribution in [-0.2, 0) is 16.0 Å². The van der Waals surface area contributed by atoms with Gasteiger partial charge in [-0.25, -0.2) is 4.68 Å². The summed E-state index contributed by atoms with van der Waals surface area (Å²) in [5.74, 6) is -1.13. The number of carbonyl (C=O) groups excluding carboxylic acids is 1. The van der Waals surface area contributed by atoms with Crippen molar-refractivity contribution in [1.29, 1.82) is 0 Å². The summed E-state index contributed by atoms with van der Waals surface area (Å²) in [5, 5.41) is 15.8. The highest BCUT2D eigenvalue weighted by Gasteiger charge is 2.27. The number of carbonyl (C=O) groups is 2. The lowest BCUT2D eigenvalue weighted by Crippen LogP contribution is -2.39. The maximum atomic E-state index is 11.9. The van der Waals surface area contributed by atoms with Crippen LogP contribution < -0.4 is 5.32 Å². The lowest BCUT2D eigenvalue weighted by Gasteiger charge is -2.19. The van der Waals surface area contributed by atoms with E-state index in [1.807, 2.05) is 36.5 Å². The first-order chi connectivity index (χ1) is 10.4. The summed E-state index contributed by atoms with van der Waals surface area (Å²) >= 11 is 0. The molecule has 0 radical (unpaired) electrons. The van der Waals surface area contributed by atoms with Crippen molar-refractivity contribution in [2.24, 2.45) is 5.41 Å². The van der Waals surface area contributed by atoms with Gasteiger partial charge in [0, 0.05) is 18.9 Å². The van der Waals surface area contributed by atoms with Crippen LogP contribution in [0.2, 0.25) is 0 Å². The van der Waals surface area contributed by atoms with E-state index in [1.165, 1.54) is 0 Å². The summed E-state index contributed by atoms with van der Waals surface area (Å²) in [4.78, 5) is 22.9. The van der Waals surface area contributed by atoms with Gasteiger partial charge in [0.15, 0.2) is 0 Å². The second kappa shape index (κ2) is 6.43. The number of carboxylic acid groups (broad SMARTS) is 1. The fourth-order valence-corrected chi connectivity index (χ4v) is 1.83. The number of rotatable bonds is 6. The first kappa shape index (κ1) is 15.8. The van der Waals surface area contributed by atoms with Crippen LogP contribution in [0.3, 0.4) is 0 Å². The maximum absolute atomic E-state index is 11.9. The number of benzene rings is 1. The maximum Gasteiger partial charge on any atom is 0.310 e. The standard InChI is InChI=1S/C16H19N3O3/c1-16(2,15(21)22)11-17-14(20)10-12-4-6-13(7-5-12)19-9-3-8-18-19/h3-9H,10-11H2,1-2H3,(H,17,20)(H,21,22). The fourth-order valence-electron chi connectivity index (χ4n) is 1.83. The molecule has 0 atom stereocenters. The number of aromatic nitrogens is 2. The van der Waals surface area contributed by atoms with E-state index in [2.05, 4.69) is 10.4 Å². The molecule has 1 aromatic heterocycles. The van der Waals surface area contributed by atoms with Gasteiger partial charge in [-0.15, -0.1) is 0 Å². The minimum atomic E-state index is -0.973. The van der Waals surface area contributed by atoms with Crippen molar-refractivity contribution in [2.45, 2.75) is 20.3 Å². The van der Waals surface area contributed by atoms with E-state index in [0.29, 0.717) is 0 Å². The highest BCUT2D eigenvalue weighted by Crippen LogP contribution is 2.13. The highest BCUT2D eigenvalue weighted by atomic mass is 16.4. The lowest BCUT2D eigenvalue weighted by molar-refractivity contribution is -0.146. The Morgan fingerprint density at radius 1 is 1.27 bits per heavy atom. The highest BCUT2D eigenvalue weighted by molar-refractivity contribution is 5.80. The molecule has 1 aromatic carbocycles. The van der Waals surface area contributed by atoms with Gasteiger partial charge in [0.05, 0.1) is 17.5 Å². The Hall–Kier alpha value is -2.63. The Kier molecular flexibility index (Phi) is 4.60. The van der Waals surface area contributed by atoms with Gasteiger partial charge in [-0.3, -0.25) is 9.59 Å². The molecule has 22 heavy (non-hydrogen) atoms. The van der Waals surface area contributed by atoms with Crippen LogP contribution >= 0.6 is 0 Å². The van der Waals surface area contributed by atoms with Crippen LogP contribution in [0.15, 0.2) is 42.7 Å². The van der Waals surface area contributed by atoms with Crippen LogP contribution in [0.1, 0.15) is 19.4 Å². The molecule has 2 rings (SSSR count). The zero-order chi connectivity index (χ0) is 16.2. The molecule has 0 bridgehead atoms. The van der Waals surface area contributed by atoms with E-state index in [4.69, 9.17) is 5.11 Å². The van der Waals surface area contributed by atoms with Crippen LogP contribution in [0.5, 0.6) is 0 Å². The average Bonchev–Trinajstić information content (AvgIpc) is 3.00. The summed E-state index contributed by atoms with van der Waals surface area (Å²) in [5.41, 5.74) is 0.808. The van der Waals surface area contributed by atoms with E-state index >= 15 is 0 Å². The van der Waals surface area contributed by atoms with Crippen molar-refractivity contribution < 1.29 is 14.7 Å². The Labute approximate surface area is 128 Å². The molecule has 2 aromatic rings. The summed E-state index contributed by atoms with van der Waals surface area (Å²) in [6.45, 7) is 3.26. The van der Waals surface area contributed by atoms with Gasteiger partial charge in [-0.2, -0.15) is 5.10 Å². The predicted octanol–water partition coefficient (Wildman–Crippen LogP) is 1.64. The van der Waals surface area contributed by atoms with Crippen molar-refractivity contribution in [2.75, 3.05) is 6.54 Å². The number of hydrogen-bond donors (Lipinski definition) is 2. The minimum Gasteiger partial charge on any atom is -0.481 e. The van der Waals surface area contributed by atoms with E-state index in [-0.39, 0.29) is 18.9 Å². The van der Waals surface area contributed by atoms with Crippen molar-refractivity contribution in [3.63, 3.8) is 0 Å². The Morgan fingerprint density at radius 3 is 2.50 bits per heavy atom. The third kappa shape index (κ3) is 3.94. The van der Waals surface area contributed by atoms with Crippen LogP contribution in [-0.4, -0.2) is 33.3 Å². The zero-order valence-electron chi connectivity index (χ0n) is 12.6. The number of carboxylic acids is 1. The van der Waals surface area contributed by atoms with E-state index < -0.39 is 11.4 Å². The molecule has 6 nitrogen and oxygen atoms in total. The normalized spacial score (nSPS) is 11.2. The quantitative estimate of drug-likeness (QED) is 0.849. The largest absolute Gasteiger partial charge is 0.481 e. The second-order valence-electron chi connectivity index (χ2n) is 5.76. The van der Waals surface area contributed by atoms with Crippen LogP contribution in [0.4, 0.5) is 0 Å². The molecule has 0 aliphatic heterocycles. The van der Waals surface area contributed by atoms with Crippen molar-refractivity contribution in [3.8, 4) is 5.69 Å². The minimum absolute atomic E-state index is 0.104. The summed E-state index contributed by atoms with van der Waals surface area (Å²) < 4.78 is 1.74. The van der Waals surface area contributed by atoms with E-state index in [9.17, 15) is 9.59 Å². The predicted molar refractivity (Wildman–Crippen MR) is 81.7 cm³/mol. The number of amides is 1. The number of nitrogens with zero attached hydrogens (tertiary/aromatic N) is 2. The molecule has 1 heterocycles. The molecule has 0 fully saturated rings. The van der Waals surface area contributed by atoms with Gasteiger partial charge in [0.1, 0.15) is 0 Å². The third-order valence-corrected chi connectivity index (χ3v) is 3.38. The fraction of sp³-hybridized carbons (Fsp3) is 0.312. The average molecular weight is 301 g/mol. The first-order valence-electron chi connectivity index (χ1n) is 6.97. The molecule has 6 heteroatoms. The SMILES string of the molecule is CC(C)(CNC(=O)Cc1ccc(-n2cccn2)cc1)C(=O)O. The number of hydrogen-bond acceptors (Lipinski definition) is 3. The lowest BCUT2D eigenvalue weighted by atomic mass is 9.94. The number of aliphatic carboxylic acids is 1. The van der Waals surface area contributed by atoms with Gasteiger partial charge >= 0.3 is 5.97 Å². The van der Waals surface area contributed by atoms with E-state index in [1.54, 1.807) is 24.7 Å². The Bertz CT molecular complexity index is 646. The van der Waals surface area contributed by atoms with Crippen molar-refractivity contribution >= 4 is 11.9 Å². The number of nitrogens with one attached hydrogen (secondary N) is 1.